The standard InChI is InChI=1S/C10H12F3N3O3S/c1-2-19-8(18)5-3-15-9(16-7(5)14)20-4-6(17)10(11,12)13/h3,6,17H,2,4H2,1H3,(H2,14,15,16). The Hall–Kier alpha value is -1.55. The van der Waals surface area contributed by atoms with E-state index in [1.54, 1.807) is 6.92 Å². The second-order valence-corrected chi connectivity index (χ2v) is 4.53. The van der Waals surface area contributed by atoms with Gasteiger partial charge in [-0.1, -0.05) is 11.8 Å². The largest absolute Gasteiger partial charge is 0.462 e. The van der Waals surface area contributed by atoms with Gasteiger partial charge in [-0.3, -0.25) is 0 Å². The molecule has 1 aromatic heterocycles. The Bertz CT molecular complexity index is 485. The number of aromatic nitrogens is 2. The van der Waals surface area contributed by atoms with Gasteiger partial charge in [0.1, 0.15) is 11.4 Å². The third-order valence-electron chi connectivity index (χ3n) is 2.04. The maximum absolute atomic E-state index is 12.1. The number of carbonyl (C=O) groups is 1. The summed E-state index contributed by atoms with van der Waals surface area (Å²) in [6.45, 7) is 1.75. The summed E-state index contributed by atoms with van der Waals surface area (Å²) in [5.41, 5.74) is 5.43. The van der Waals surface area contributed by atoms with E-state index >= 15 is 0 Å². The SMILES string of the molecule is CCOC(=O)c1cnc(SCC(O)C(F)(F)F)nc1N. The van der Waals surface area contributed by atoms with E-state index < -0.39 is 24.0 Å². The Morgan fingerprint density at radius 3 is 2.75 bits per heavy atom. The van der Waals surface area contributed by atoms with Gasteiger partial charge in [0.05, 0.1) is 6.61 Å². The van der Waals surface area contributed by atoms with Crippen molar-refractivity contribution in [1.82, 2.24) is 9.97 Å². The first-order chi connectivity index (χ1) is 9.25. The molecule has 0 saturated carbocycles. The number of nitrogens with zero attached hydrogens (tertiary/aromatic N) is 2. The van der Waals surface area contributed by atoms with E-state index in [0.29, 0.717) is 11.8 Å². The molecule has 20 heavy (non-hydrogen) atoms. The van der Waals surface area contributed by atoms with E-state index in [2.05, 4.69) is 9.97 Å². The van der Waals surface area contributed by atoms with E-state index in [1.165, 1.54) is 0 Å². The van der Waals surface area contributed by atoms with E-state index in [0.717, 1.165) is 6.20 Å². The van der Waals surface area contributed by atoms with Crippen molar-refractivity contribution in [1.29, 1.82) is 0 Å². The normalized spacial score (nSPS) is 13.1. The lowest BCUT2D eigenvalue weighted by molar-refractivity contribution is -0.195. The number of alkyl halides is 3. The lowest BCUT2D eigenvalue weighted by Gasteiger charge is -2.13. The third-order valence-corrected chi connectivity index (χ3v) is 2.98. The number of nitrogens with two attached hydrogens (primary N) is 1. The van der Waals surface area contributed by atoms with Crippen LogP contribution in [-0.2, 0) is 4.74 Å². The van der Waals surface area contributed by atoms with E-state index in [-0.39, 0.29) is 23.1 Å². The first-order valence-corrected chi connectivity index (χ1v) is 6.41. The highest BCUT2D eigenvalue weighted by molar-refractivity contribution is 7.99. The number of halogens is 3. The number of aliphatic hydroxyl groups is 1. The van der Waals surface area contributed by atoms with Crippen molar-refractivity contribution in [3.63, 3.8) is 0 Å². The molecule has 1 atom stereocenters. The number of anilines is 1. The smallest absolute Gasteiger partial charge is 0.415 e. The summed E-state index contributed by atoms with van der Waals surface area (Å²) in [6.07, 6.45) is -6.12. The van der Waals surface area contributed by atoms with Crippen molar-refractivity contribution in [2.45, 2.75) is 24.4 Å². The van der Waals surface area contributed by atoms with Crippen LogP contribution < -0.4 is 5.73 Å². The minimum atomic E-state index is -4.70. The second-order valence-electron chi connectivity index (χ2n) is 3.54. The molecule has 1 unspecified atom stereocenters. The molecule has 10 heteroatoms. The van der Waals surface area contributed by atoms with Crippen LogP contribution in [0.1, 0.15) is 17.3 Å². The summed E-state index contributed by atoms with van der Waals surface area (Å²) in [5.74, 6) is -1.57. The molecule has 0 radical (unpaired) electrons. The van der Waals surface area contributed by atoms with Gasteiger partial charge in [-0.05, 0) is 6.92 Å². The highest BCUT2D eigenvalue weighted by Gasteiger charge is 2.38. The van der Waals surface area contributed by atoms with Crippen LogP contribution in [0.3, 0.4) is 0 Å². The zero-order valence-corrected chi connectivity index (χ0v) is 11.2. The molecule has 3 N–H and O–H groups in total. The highest BCUT2D eigenvalue weighted by Crippen LogP contribution is 2.25. The van der Waals surface area contributed by atoms with Crippen LogP contribution in [0.25, 0.3) is 0 Å². The van der Waals surface area contributed by atoms with Crippen molar-refractivity contribution >= 4 is 23.5 Å². The quantitative estimate of drug-likeness (QED) is 0.480. The van der Waals surface area contributed by atoms with Crippen LogP contribution in [0.2, 0.25) is 0 Å². The Labute approximate surface area is 116 Å². The van der Waals surface area contributed by atoms with Crippen LogP contribution >= 0.6 is 11.8 Å². The monoisotopic (exact) mass is 311 g/mol. The van der Waals surface area contributed by atoms with Gasteiger partial charge in [0.25, 0.3) is 0 Å². The molecule has 0 amide bonds. The number of carbonyl (C=O) groups excluding carboxylic acids is 1. The predicted molar refractivity (Wildman–Crippen MR) is 65.2 cm³/mol. The first-order valence-electron chi connectivity index (χ1n) is 5.43. The van der Waals surface area contributed by atoms with Crippen LogP contribution in [0.5, 0.6) is 0 Å². The number of hydrogen-bond acceptors (Lipinski definition) is 7. The van der Waals surface area contributed by atoms with Crippen molar-refractivity contribution in [2.24, 2.45) is 0 Å². The molecule has 6 nitrogen and oxygen atoms in total. The zero-order chi connectivity index (χ0) is 15.3. The highest BCUT2D eigenvalue weighted by atomic mass is 32.2. The molecular formula is C10H12F3N3O3S. The average Bonchev–Trinajstić information content (AvgIpc) is 2.35. The number of esters is 1. The molecule has 0 spiro atoms. The molecule has 1 rings (SSSR count). The van der Waals surface area contributed by atoms with Gasteiger partial charge in [0.2, 0.25) is 0 Å². The van der Waals surface area contributed by atoms with Gasteiger partial charge in [-0.25, -0.2) is 14.8 Å². The molecule has 1 aromatic rings. The van der Waals surface area contributed by atoms with Gasteiger partial charge in [-0.2, -0.15) is 13.2 Å². The molecule has 0 fully saturated rings. The third kappa shape index (κ3) is 4.53. The average molecular weight is 311 g/mol. The fourth-order valence-electron chi connectivity index (χ4n) is 1.06. The number of thioether (sulfide) groups is 1. The topological polar surface area (TPSA) is 98.3 Å². The molecule has 0 bridgehead atoms. The molecule has 1 heterocycles. The molecule has 0 saturated heterocycles. The summed E-state index contributed by atoms with van der Waals surface area (Å²) >= 11 is 0.579. The van der Waals surface area contributed by atoms with Crippen LogP contribution in [0, 0.1) is 0 Å². The number of hydrogen-bond donors (Lipinski definition) is 2. The van der Waals surface area contributed by atoms with Crippen molar-refractivity contribution < 1.29 is 27.8 Å². The van der Waals surface area contributed by atoms with E-state index in [9.17, 15) is 18.0 Å². The number of ether oxygens (including phenoxy) is 1. The Balaban J connectivity index is 2.71. The van der Waals surface area contributed by atoms with E-state index in [4.69, 9.17) is 15.6 Å². The lowest BCUT2D eigenvalue weighted by Crippen LogP contribution is -2.30. The van der Waals surface area contributed by atoms with Crippen LogP contribution in [0.4, 0.5) is 19.0 Å². The van der Waals surface area contributed by atoms with Crippen molar-refractivity contribution in [3.05, 3.63) is 11.8 Å². The summed E-state index contributed by atoms with van der Waals surface area (Å²) < 4.78 is 41.0. The first kappa shape index (κ1) is 16.5. The molecule has 0 aliphatic carbocycles. The molecular weight excluding hydrogens is 299 g/mol. The number of aliphatic hydroxyl groups excluding tert-OH is 1. The predicted octanol–water partition coefficient (Wildman–Crippen LogP) is 1.25. The Kier molecular flexibility index (Phi) is 5.57. The van der Waals surface area contributed by atoms with Gasteiger partial charge >= 0.3 is 12.1 Å². The number of rotatable bonds is 5. The maximum atomic E-state index is 12.1. The minimum absolute atomic E-state index is 0.0624. The van der Waals surface area contributed by atoms with Gasteiger partial charge in [-0.15, -0.1) is 0 Å². The molecule has 112 valence electrons. The Morgan fingerprint density at radius 2 is 2.25 bits per heavy atom. The summed E-state index contributed by atoms with van der Waals surface area (Å²) in [7, 11) is 0. The van der Waals surface area contributed by atoms with Gasteiger partial charge in [0.15, 0.2) is 11.3 Å². The van der Waals surface area contributed by atoms with Gasteiger partial charge < -0.3 is 15.6 Å². The van der Waals surface area contributed by atoms with Crippen molar-refractivity contribution in [2.75, 3.05) is 18.1 Å². The Morgan fingerprint density at radius 1 is 1.60 bits per heavy atom. The van der Waals surface area contributed by atoms with Crippen molar-refractivity contribution in [3.8, 4) is 0 Å². The van der Waals surface area contributed by atoms with E-state index in [1.807, 2.05) is 0 Å². The summed E-state index contributed by atoms with van der Waals surface area (Å²) in [4.78, 5) is 18.8. The maximum Gasteiger partial charge on any atom is 0.415 e. The number of nitrogen functional groups attached to an aromatic ring is 1. The second kappa shape index (κ2) is 6.75. The fraction of sp³-hybridized carbons (Fsp3) is 0.500. The minimum Gasteiger partial charge on any atom is -0.462 e. The fourth-order valence-corrected chi connectivity index (χ4v) is 1.85. The van der Waals surface area contributed by atoms with Crippen LogP contribution in [0.15, 0.2) is 11.4 Å². The molecule has 0 aromatic carbocycles. The van der Waals surface area contributed by atoms with Crippen LogP contribution in [-0.4, -0.2) is 45.7 Å². The van der Waals surface area contributed by atoms with Gasteiger partial charge in [0, 0.05) is 11.9 Å². The summed E-state index contributed by atoms with van der Waals surface area (Å²) in [5, 5.41) is 8.75. The molecule has 0 aliphatic heterocycles. The molecule has 0 aliphatic rings. The lowest BCUT2D eigenvalue weighted by atomic mass is 10.3. The zero-order valence-electron chi connectivity index (χ0n) is 10.3. The summed E-state index contributed by atoms with van der Waals surface area (Å²) in [6, 6.07) is 0.